The molecule has 2 aliphatic rings. The van der Waals surface area contributed by atoms with Crippen LogP contribution in [0.1, 0.15) is 28.8 Å². The van der Waals surface area contributed by atoms with E-state index in [-0.39, 0.29) is 23.8 Å². The van der Waals surface area contributed by atoms with E-state index in [1.165, 1.54) is 17.7 Å². The summed E-state index contributed by atoms with van der Waals surface area (Å²) in [5.74, 6) is 1.42. The van der Waals surface area contributed by atoms with Crippen LogP contribution in [-0.4, -0.2) is 20.8 Å². The molecule has 0 aliphatic carbocycles. The second-order valence-electron chi connectivity index (χ2n) is 8.23. The Balaban J connectivity index is 1.55. The van der Waals surface area contributed by atoms with Gasteiger partial charge in [-0.05, 0) is 47.0 Å². The minimum atomic E-state index is -0.230. The minimum absolute atomic E-state index is 0.106. The normalized spacial score (nSPS) is 21.8. The Morgan fingerprint density at radius 3 is 2.28 bits per heavy atom. The van der Waals surface area contributed by atoms with Crippen LogP contribution < -0.4 is 25.2 Å². The molecule has 166 valence electrons. The predicted molar refractivity (Wildman–Crippen MR) is 124 cm³/mol. The first-order valence-electron chi connectivity index (χ1n) is 10.6. The van der Waals surface area contributed by atoms with Crippen LogP contribution in [0.15, 0.2) is 60.7 Å². The van der Waals surface area contributed by atoms with E-state index in [0.717, 1.165) is 28.4 Å². The topological polar surface area (TPSA) is 45.8 Å². The molecule has 0 bridgehead atoms. The van der Waals surface area contributed by atoms with Gasteiger partial charge in [0.1, 0.15) is 5.82 Å². The highest BCUT2D eigenvalue weighted by Gasteiger charge is 2.43. The highest BCUT2D eigenvalue weighted by atomic mass is 35.5. The number of nitrogens with one attached hydrogen (secondary N) is 2. The summed E-state index contributed by atoms with van der Waals surface area (Å²) in [6, 6.07) is 19.0. The van der Waals surface area contributed by atoms with Crippen LogP contribution in [0.2, 0.25) is 5.02 Å². The van der Waals surface area contributed by atoms with E-state index >= 15 is 0 Å². The van der Waals surface area contributed by atoms with Crippen LogP contribution >= 0.6 is 11.6 Å². The van der Waals surface area contributed by atoms with Crippen LogP contribution in [0.5, 0.6) is 11.5 Å². The van der Waals surface area contributed by atoms with Crippen molar-refractivity contribution in [3.63, 3.8) is 0 Å². The fourth-order valence-electron chi connectivity index (χ4n) is 4.83. The van der Waals surface area contributed by atoms with Gasteiger partial charge in [-0.1, -0.05) is 35.9 Å². The number of methoxy groups -OCH3 is 2. The van der Waals surface area contributed by atoms with Crippen molar-refractivity contribution in [1.82, 2.24) is 10.9 Å². The Hall–Kier alpha value is -2.80. The molecule has 0 radical (unpaired) electrons. The maximum absolute atomic E-state index is 13.5. The summed E-state index contributed by atoms with van der Waals surface area (Å²) in [5.41, 5.74) is 11.5. The lowest BCUT2D eigenvalue weighted by Crippen LogP contribution is -2.39. The maximum atomic E-state index is 13.5. The third kappa shape index (κ3) is 3.79. The van der Waals surface area contributed by atoms with E-state index in [1.807, 2.05) is 30.3 Å². The summed E-state index contributed by atoms with van der Waals surface area (Å²) in [7, 11) is 3.30. The van der Waals surface area contributed by atoms with Crippen molar-refractivity contribution < 1.29 is 13.9 Å². The Morgan fingerprint density at radius 2 is 1.59 bits per heavy atom. The standard InChI is InChI=1S/C25H25ClFN3O2/c1-31-22-11-19-21(12-23(22)32-2)30(13-15-3-9-18(27)10-4-15)14-20-24(28-29-25(19)20)16-5-7-17(26)8-6-16/h3-12,20,24-25,28-29H,13-14H2,1-2H3. The van der Waals surface area contributed by atoms with E-state index in [9.17, 15) is 4.39 Å². The molecule has 3 aromatic rings. The Kier molecular flexibility index (Phi) is 5.67. The van der Waals surface area contributed by atoms with Crippen molar-refractivity contribution in [2.24, 2.45) is 5.92 Å². The molecule has 0 saturated carbocycles. The molecule has 0 spiro atoms. The van der Waals surface area contributed by atoms with Crippen molar-refractivity contribution in [3.05, 3.63) is 88.2 Å². The van der Waals surface area contributed by atoms with Crippen molar-refractivity contribution in [1.29, 1.82) is 0 Å². The molecule has 3 atom stereocenters. The highest BCUT2D eigenvalue weighted by Crippen LogP contribution is 2.48. The van der Waals surface area contributed by atoms with Gasteiger partial charge in [-0.2, -0.15) is 0 Å². The molecule has 3 unspecified atom stereocenters. The Morgan fingerprint density at radius 1 is 0.938 bits per heavy atom. The second-order valence-corrected chi connectivity index (χ2v) is 8.67. The van der Waals surface area contributed by atoms with Gasteiger partial charge >= 0.3 is 0 Å². The maximum Gasteiger partial charge on any atom is 0.162 e. The number of anilines is 1. The van der Waals surface area contributed by atoms with E-state index < -0.39 is 0 Å². The van der Waals surface area contributed by atoms with Crippen LogP contribution in [0, 0.1) is 11.7 Å². The Bertz CT molecular complexity index is 1110. The third-order valence-electron chi connectivity index (χ3n) is 6.41. The molecular weight excluding hydrogens is 429 g/mol. The van der Waals surface area contributed by atoms with Gasteiger partial charge in [0.15, 0.2) is 11.5 Å². The molecule has 7 heteroatoms. The van der Waals surface area contributed by atoms with Crippen LogP contribution in [-0.2, 0) is 6.54 Å². The number of hydrogen-bond donors (Lipinski definition) is 2. The van der Waals surface area contributed by atoms with Crippen molar-refractivity contribution in [3.8, 4) is 11.5 Å². The molecule has 32 heavy (non-hydrogen) atoms. The number of rotatable bonds is 5. The summed E-state index contributed by atoms with van der Waals surface area (Å²) < 4.78 is 24.6. The van der Waals surface area contributed by atoms with Gasteiger partial charge in [0, 0.05) is 35.8 Å². The van der Waals surface area contributed by atoms with Crippen LogP contribution in [0.25, 0.3) is 0 Å². The average Bonchev–Trinajstić information content (AvgIpc) is 3.24. The first-order valence-corrected chi connectivity index (χ1v) is 11.0. The van der Waals surface area contributed by atoms with Gasteiger partial charge in [-0.3, -0.25) is 0 Å². The van der Waals surface area contributed by atoms with Gasteiger partial charge in [-0.15, -0.1) is 0 Å². The zero-order valence-corrected chi connectivity index (χ0v) is 18.7. The number of nitrogens with zero attached hydrogens (tertiary/aromatic N) is 1. The summed E-state index contributed by atoms with van der Waals surface area (Å²) in [6.07, 6.45) is 0. The number of halogens is 2. The second kappa shape index (κ2) is 8.62. The van der Waals surface area contributed by atoms with Crippen molar-refractivity contribution >= 4 is 17.3 Å². The van der Waals surface area contributed by atoms with Gasteiger partial charge in [0.2, 0.25) is 0 Å². The van der Waals surface area contributed by atoms with E-state index in [1.54, 1.807) is 14.2 Å². The van der Waals surface area contributed by atoms with Crippen LogP contribution in [0.3, 0.4) is 0 Å². The van der Waals surface area contributed by atoms with Gasteiger partial charge in [-0.25, -0.2) is 15.2 Å². The lowest BCUT2D eigenvalue weighted by Gasteiger charge is -2.39. The molecule has 0 amide bonds. The lowest BCUT2D eigenvalue weighted by atomic mass is 9.81. The summed E-state index contributed by atoms with van der Waals surface area (Å²) in [6.45, 7) is 1.48. The van der Waals surface area contributed by atoms with Gasteiger partial charge in [0.25, 0.3) is 0 Å². The SMILES string of the molecule is COc1cc2c(cc1OC)N(Cc1ccc(F)cc1)CC1C(c3ccc(Cl)cc3)NNC21. The Labute approximate surface area is 192 Å². The predicted octanol–water partition coefficient (Wildman–Crippen LogP) is 5.02. The summed E-state index contributed by atoms with van der Waals surface area (Å²) >= 11 is 6.11. The minimum Gasteiger partial charge on any atom is -0.493 e. The van der Waals surface area contributed by atoms with E-state index in [4.69, 9.17) is 21.1 Å². The van der Waals surface area contributed by atoms with Crippen molar-refractivity contribution in [2.45, 2.75) is 18.6 Å². The fraction of sp³-hybridized carbons (Fsp3) is 0.280. The summed E-state index contributed by atoms with van der Waals surface area (Å²) in [4.78, 5) is 2.34. The first kappa shape index (κ1) is 21.1. The number of ether oxygens (including phenoxy) is 2. The van der Waals surface area contributed by atoms with Gasteiger partial charge < -0.3 is 14.4 Å². The summed E-state index contributed by atoms with van der Waals surface area (Å²) in [5, 5.41) is 0.722. The number of fused-ring (bicyclic) bond motifs is 3. The van der Waals surface area contributed by atoms with Gasteiger partial charge in [0.05, 0.1) is 26.3 Å². The highest BCUT2D eigenvalue weighted by molar-refractivity contribution is 6.30. The van der Waals surface area contributed by atoms with Crippen molar-refractivity contribution in [2.75, 3.05) is 25.7 Å². The number of benzene rings is 3. The first-order chi connectivity index (χ1) is 15.6. The molecular formula is C25H25ClFN3O2. The monoisotopic (exact) mass is 453 g/mol. The zero-order valence-electron chi connectivity index (χ0n) is 17.9. The molecule has 0 aromatic heterocycles. The molecule has 3 aromatic carbocycles. The zero-order chi connectivity index (χ0) is 22.2. The molecule has 1 saturated heterocycles. The molecule has 1 fully saturated rings. The van der Waals surface area contributed by atoms with E-state index in [0.29, 0.717) is 18.0 Å². The molecule has 2 N–H and O–H groups in total. The number of hydrazine groups is 1. The average molecular weight is 454 g/mol. The van der Waals surface area contributed by atoms with Crippen LogP contribution in [0.4, 0.5) is 10.1 Å². The smallest absolute Gasteiger partial charge is 0.162 e. The van der Waals surface area contributed by atoms with E-state index in [2.05, 4.69) is 34.0 Å². The molecule has 2 aliphatic heterocycles. The largest absolute Gasteiger partial charge is 0.493 e. The third-order valence-corrected chi connectivity index (χ3v) is 6.66. The molecule has 2 heterocycles. The fourth-order valence-corrected chi connectivity index (χ4v) is 4.95. The number of hydrogen-bond acceptors (Lipinski definition) is 5. The quantitative estimate of drug-likeness (QED) is 0.567. The lowest BCUT2D eigenvalue weighted by molar-refractivity contribution is 0.350. The molecule has 5 nitrogen and oxygen atoms in total. The molecule has 5 rings (SSSR count).